The molecule has 0 saturated carbocycles. The number of aliphatic imine (C=N–C) groups is 1. The maximum Gasteiger partial charge on any atom is 0.307 e. The Labute approximate surface area is 210 Å². The average Bonchev–Trinajstić information content (AvgIpc) is 3.44. The summed E-state index contributed by atoms with van der Waals surface area (Å²) in [6, 6.07) is 9.12. The summed E-state index contributed by atoms with van der Waals surface area (Å²) in [6.45, 7) is 3.44. The number of aromatic nitrogens is 1. The Bertz CT molecular complexity index is 1110. The van der Waals surface area contributed by atoms with Crippen LogP contribution < -0.4 is 16.0 Å². The minimum Gasteiger partial charge on any atom is -0.469 e. The maximum absolute atomic E-state index is 13.1. The lowest BCUT2D eigenvalue weighted by atomic mass is 9.94. The minimum absolute atomic E-state index is 0.0234. The molecule has 0 unspecified atom stereocenters. The number of carbonyl (C=O) groups is 3. The number of amides is 2. The van der Waals surface area contributed by atoms with Gasteiger partial charge in [-0.05, 0) is 37.0 Å². The SMILES string of the molecule is COC(=O)C[C@H](NC(=O)C1CCN(C(=O)CCCNC2=NCCN2)CC1)c1cnc2ccccc2c1. The number of likely N-dealkylation sites (tertiary alicyclic amines) is 1. The van der Waals surface area contributed by atoms with Gasteiger partial charge in [-0.15, -0.1) is 0 Å². The van der Waals surface area contributed by atoms with Gasteiger partial charge in [-0.1, -0.05) is 18.2 Å². The lowest BCUT2D eigenvalue weighted by Gasteiger charge is -2.32. The van der Waals surface area contributed by atoms with Crippen molar-refractivity contribution in [3.63, 3.8) is 0 Å². The van der Waals surface area contributed by atoms with Gasteiger partial charge >= 0.3 is 5.97 Å². The van der Waals surface area contributed by atoms with Crippen LogP contribution in [0.15, 0.2) is 41.5 Å². The predicted molar refractivity (Wildman–Crippen MR) is 136 cm³/mol. The lowest BCUT2D eigenvalue weighted by molar-refractivity contribution is -0.142. The molecule has 36 heavy (non-hydrogen) atoms. The number of hydrogen-bond acceptors (Lipinski definition) is 8. The molecule has 4 rings (SSSR count). The molecule has 1 aromatic carbocycles. The summed E-state index contributed by atoms with van der Waals surface area (Å²) >= 11 is 0. The summed E-state index contributed by atoms with van der Waals surface area (Å²) in [6.07, 6.45) is 4.11. The third kappa shape index (κ3) is 6.71. The molecule has 1 atom stereocenters. The minimum atomic E-state index is -0.534. The van der Waals surface area contributed by atoms with Crippen LogP contribution in [-0.4, -0.2) is 73.5 Å². The highest BCUT2D eigenvalue weighted by molar-refractivity contribution is 5.83. The number of rotatable bonds is 9. The quantitative estimate of drug-likeness (QED) is 0.357. The third-order valence-corrected chi connectivity index (χ3v) is 6.68. The van der Waals surface area contributed by atoms with E-state index in [2.05, 4.69) is 25.9 Å². The first-order chi connectivity index (χ1) is 17.5. The van der Waals surface area contributed by atoms with Gasteiger partial charge in [-0.2, -0.15) is 0 Å². The fraction of sp³-hybridized carbons (Fsp3) is 0.500. The van der Waals surface area contributed by atoms with Crippen LogP contribution in [0.1, 0.15) is 43.7 Å². The van der Waals surface area contributed by atoms with Crippen LogP contribution in [0.5, 0.6) is 0 Å². The standard InChI is InChI=1S/C26H34N6O4/c1-36-24(34)16-22(20-15-19-5-2-3-6-21(19)30-17-20)31-25(35)18-8-13-32(14-9-18)23(33)7-4-10-27-26-28-11-12-29-26/h2-3,5-6,15,17-18,22H,4,7-14,16H2,1H3,(H,31,35)(H2,27,28,29)/t22-/m0/s1. The molecule has 0 radical (unpaired) electrons. The van der Waals surface area contributed by atoms with Crippen molar-refractivity contribution in [3.05, 3.63) is 42.1 Å². The third-order valence-electron chi connectivity index (χ3n) is 6.68. The van der Waals surface area contributed by atoms with E-state index in [4.69, 9.17) is 4.74 Å². The number of esters is 1. The van der Waals surface area contributed by atoms with Crippen molar-refractivity contribution in [3.8, 4) is 0 Å². The topological polar surface area (TPSA) is 125 Å². The summed E-state index contributed by atoms with van der Waals surface area (Å²) in [4.78, 5) is 48.4. The van der Waals surface area contributed by atoms with Gasteiger partial charge in [-0.25, -0.2) is 0 Å². The molecule has 0 spiro atoms. The molecule has 0 aliphatic carbocycles. The number of nitrogens with zero attached hydrogens (tertiary/aromatic N) is 3. The van der Waals surface area contributed by atoms with Gasteiger partial charge in [0.2, 0.25) is 11.8 Å². The zero-order valence-electron chi connectivity index (χ0n) is 20.7. The first-order valence-electron chi connectivity index (χ1n) is 12.6. The molecule has 3 N–H and O–H groups in total. The second-order valence-electron chi connectivity index (χ2n) is 9.15. The molecule has 0 bridgehead atoms. The molecule has 10 nitrogen and oxygen atoms in total. The van der Waals surface area contributed by atoms with Gasteiger partial charge in [0.25, 0.3) is 0 Å². The van der Waals surface area contributed by atoms with Crippen molar-refractivity contribution in [2.24, 2.45) is 10.9 Å². The number of para-hydroxylation sites is 1. The molecule has 192 valence electrons. The van der Waals surface area contributed by atoms with Crippen LogP contribution >= 0.6 is 0 Å². The van der Waals surface area contributed by atoms with E-state index in [1.165, 1.54) is 7.11 Å². The first-order valence-corrected chi connectivity index (χ1v) is 12.6. The summed E-state index contributed by atoms with van der Waals surface area (Å²) in [5.74, 6) is 0.190. The van der Waals surface area contributed by atoms with E-state index in [9.17, 15) is 14.4 Å². The summed E-state index contributed by atoms with van der Waals surface area (Å²) in [5, 5.41) is 10.3. The monoisotopic (exact) mass is 494 g/mol. The van der Waals surface area contributed by atoms with Gasteiger partial charge in [0, 0.05) is 50.1 Å². The van der Waals surface area contributed by atoms with Gasteiger partial charge in [-0.3, -0.25) is 24.4 Å². The Hall–Kier alpha value is -3.69. The van der Waals surface area contributed by atoms with Crippen LogP contribution in [0.4, 0.5) is 0 Å². The number of fused-ring (bicyclic) bond motifs is 1. The second kappa shape index (κ2) is 12.3. The lowest BCUT2D eigenvalue weighted by Crippen LogP contribution is -2.44. The molecule has 1 saturated heterocycles. The van der Waals surface area contributed by atoms with E-state index in [1.54, 1.807) is 6.20 Å². The highest BCUT2D eigenvalue weighted by Crippen LogP contribution is 2.24. The van der Waals surface area contributed by atoms with Crippen LogP contribution in [0, 0.1) is 5.92 Å². The van der Waals surface area contributed by atoms with Gasteiger partial charge in [0.1, 0.15) is 0 Å². The summed E-state index contributed by atoms with van der Waals surface area (Å²) in [7, 11) is 1.34. The summed E-state index contributed by atoms with van der Waals surface area (Å²) < 4.78 is 4.86. The first kappa shape index (κ1) is 25.4. The second-order valence-corrected chi connectivity index (χ2v) is 9.15. The molecule has 2 amide bonds. The largest absolute Gasteiger partial charge is 0.469 e. The number of methoxy groups -OCH3 is 1. The molecule has 10 heteroatoms. The van der Waals surface area contributed by atoms with E-state index in [1.807, 2.05) is 35.2 Å². The van der Waals surface area contributed by atoms with Crippen LogP contribution in [-0.2, 0) is 19.1 Å². The number of pyridine rings is 1. The molecular weight excluding hydrogens is 460 g/mol. The van der Waals surface area contributed by atoms with Crippen LogP contribution in [0.3, 0.4) is 0 Å². The zero-order chi connectivity index (χ0) is 25.3. The molecule has 2 aromatic rings. The van der Waals surface area contributed by atoms with E-state index in [0.29, 0.717) is 38.9 Å². The molecule has 1 fully saturated rings. The van der Waals surface area contributed by atoms with Gasteiger partial charge < -0.3 is 25.6 Å². The fourth-order valence-corrected chi connectivity index (χ4v) is 4.58. The summed E-state index contributed by atoms with van der Waals surface area (Å²) in [5.41, 5.74) is 1.61. The molecule has 2 aliphatic heterocycles. The molecular formula is C26H34N6O4. The highest BCUT2D eigenvalue weighted by Gasteiger charge is 2.29. The Kier molecular flexibility index (Phi) is 8.70. The number of guanidine groups is 1. The van der Waals surface area contributed by atoms with Crippen LogP contribution in [0.25, 0.3) is 10.9 Å². The Balaban J connectivity index is 1.28. The van der Waals surface area contributed by atoms with Crippen molar-refractivity contribution < 1.29 is 19.1 Å². The average molecular weight is 495 g/mol. The smallest absolute Gasteiger partial charge is 0.307 e. The van der Waals surface area contributed by atoms with Crippen molar-refractivity contribution in [2.45, 2.75) is 38.1 Å². The van der Waals surface area contributed by atoms with Gasteiger partial charge in [0.15, 0.2) is 5.96 Å². The van der Waals surface area contributed by atoms with Crippen molar-refractivity contribution >= 4 is 34.6 Å². The fourth-order valence-electron chi connectivity index (χ4n) is 4.58. The van der Waals surface area contributed by atoms with Gasteiger partial charge in [0.05, 0.1) is 31.6 Å². The Morgan fingerprint density at radius 1 is 1.22 bits per heavy atom. The van der Waals surface area contributed by atoms with Crippen LogP contribution in [0.2, 0.25) is 0 Å². The van der Waals surface area contributed by atoms with E-state index in [-0.39, 0.29) is 24.2 Å². The van der Waals surface area contributed by atoms with E-state index >= 15 is 0 Å². The number of carbonyl (C=O) groups excluding carboxylic acids is 3. The molecule has 1 aromatic heterocycles. The number of hydrogen-bond donors (Lipinski definition) is 3. The Morgan fingerprint density at radius 3 is 2.78 bits per heavy atom. The number of piperidine rings is 1. The zero-order valence-corrected chi connectivity index (χ0v) is 20.7. The van der Waals surface area contributed by atoms with Crippen molar-refractivity contribution in [1.29, 1.82) is 0 Å². The van der Waals surface area contributed by atoms with E-state index < -0.39 is 12.0 Å². The number of benzene rings is 1. The van der Waals surface area contributed by atoms with E-state index in [0.717, 1.165) is 41.9 Å². The molecule has 3 heterocycles. The highest BCUT2D eigenvalue weighted by atomic mass is 16.5. The number of nitrogens with one attached hydrogen (secondary N) is 3. The normalized spacial score (nSPS) is 16.7. The van der Waals surface area contributed by atoms with Crippen molar-refractivity contribution in [1.82, 2.24) is 25.8 Å². The predicted octanol–water partition coefficient (Wildman–Crippen LogP) is 1.52. The van der Waals surface area contributed by atoms with Crippen molar-refractivity contribution in [2.75, 3.05) is 39.8 Å². The Morgan fingerprint density at radius 2 is 2.03 bits per heavy atom. The molecule has 2 aliphatic rings. The maximum atomic E-state index is 13.1. The number of ether oxygens (including phenoxy) is 1.